The minimum atomic E-state index is -0.359. The van der Waals surface area contributed by atoms with Gasteiger partial charge in [0.05, 0.1) is 22.3 Å². The van der Waals surface area contributed by atoms with Crippen LogP contribution in [0.15, 0.2) is 170 Å². The molecule has 0 spiro atoms. The third-order valence-electron chi connectivity index (χ3n) is 13.1. The molecule has 63 heavy (non-hydrogen) atoms. The van der Waals surface area contributed by atoms with Gasteiger partial charge in [0.15, 0.2) is 0 Å². The number of pyridine rings is 1. The molecule has 0 saturated heterocycles. The van der Waals surface area contributed by atoms with Crippen LogP contribution in [0.1, 0.15) is 76.3 Å². The number of aromatic nitrogens is 3. The molecule has 4 nitrogen and oxygen atoms in total. The Balaban J connectivity index is 0.00000504. The second-order valence-electron chi connectivity index (χ2n) is 18.7. The van der Waals surface area contributed by atoms with Gasteiger partial charge in [0.25, 0.3) is 0 Å². The van der Waals surface area contributed by atoms with Gasteiger partial charge in [0.2, 0.25) is 0 Å². The van der Waals surface area contributed by atoms with Crippen LogP contribution >= 0.6 is 0 Å². The zero-order valence-corrected chi connectivity index (χ0v) is 39.0. The number of aromatic hydroxyl groups is 1. The van der Waals surface area contributed by atoms with Gasteiger partial charge < -0.3 is 5.11 Å². The summed E-state index contributed by atoms with van der Waals surface area (Å²) in [4.78, 5) is 10.7. The van der Waals surface area contributed by atoms with Crippen LogP contribution < -0.4 is 0 Å². The molecule has 0 fully saturated rings. The summed E-state index contributed by atoms with van der Waals surface area (Å²) in [6.45, 7) is 16.0. The number of para-hydroxylation sites is 2. The Kier molecular flexibility index (Phi) is 10.5. The molecule has 1 aliphatic carbocycles. The van der Waals surface area contributed by atoms with E-state index >= 15 is 0 Å². The molecule has 0 saturated carbocycles. The molecule has 0 bridgehead atoms. The molecule has 7 aromatic carbocycles. The van der Waals surface area contributed by atoms with Crippen molar-refractivity contribution in [1.82, 2.24) is 14.5 Å². The van der Waals surface area contributed by atoms with Crippen LogP contribution in [-0.2, 0) is 37.3 Å². The fourth-order valence-corrected chi connectivity index (χ4v) is 9.53. The number of benzene rings is 7. The predicted molar refractivity (Wildman–Crippen MR) is 256 cm³/mol. The molecule has 2 heterocycles. The number of phenolic OH excluding ortho intramolecular Hbond substituents is 1. The quantitative estimate of drug-likeness (QED) is 0.162. The third-order valence-corrected chi connectivity index (χ3v) is 13.1. The van der Waals surface area contributed by atoms with E-state index in [-0.39, 0.29) is 43.1 Å². The standard InChI is InChI=1S/C58H50N3O.Pt/c1-56(2,3)41-29-30-49(46(36-41)37-19-10-8-11-20-37)61-50-27-18-25-43(54(50)60-55(61)45-24-15-17-28-51(45)62)38-33-39(35-42(34-38)57(4,5)40-21-12-9-13-22-40)53-52-44-23-14-16-26-47(44)58(6,7)48(52)31-32-59-53;/h8-32,34-36,62H,1-7H3;/q-1;. The van der Waals surface area contributed by atoms with Crippen molar-refractivity contribution in [2.24, 2.45) is 0 Å². The average molecular weight is 1000 g/mol. The van der Waals surface area contributed by atoms with Gasteiger partial charge >= 0.3 is 0 Å². The van der Waals surface area contributed by atoms with E-state index in [4.69, 9.17) is 9.97 Å². The Morgan fingerprint density at radius 2 is 1.22 bits per heavy atom. The Labute approximate surface area is 385 Å². The summed E-state index contributed by atoms with van der Waals surface area (Å²) in [6, 6.07) is 61.4. The Morgan fingerprint density at radius 3 is 1.95 bits per heavy atom. The van der Waals surface area contributed by atoms with Gasteiger partial charge in [0.1, 0.15) is 11.6 Å². The molecule has 0 atom stereocenters. The average Bonchev–Trinajstić information content (AvgIpc) is 3.79. The first-order valence-electron chi connectivity index (χ1n) is 21.6. The number of hydrogen-bond donors (Lipinski definition) is 1. The van der Waals surface area contributed by atoms with Gasteiger partial charge in [-0.15, -0.1) is 29.3 Å². The first kappa shape index (κ1) is 42.0. The minimum Gasteiger partial charge on any atom is -0.507 e. The molecular weight excluding hydrogens is 950 g/mol. The van der Waals surface area contributed by atoms with E-state index < -0.39 is 0 Å². The number of fused-ring (bicyclic) bond motifs is 4. The van der Waals surface area contributed by atoms with E-state index in [2.05, 4.69) is 199 Å². The van der Waals surface area contributed by atoms with E-state index in [1.807, 2.05) is 24.4 Å². The number of imidazole rings is 1. The monoisotopic (exact) mass is 999 g/mol. The van der Waals surface area contributed by atoms with Crippen molar-refractivity contribution in [3.63, 3.8) is 0 Å². The Bertz CT molecular complexity index is 3170. The van der Waals surface area contributed by atoms with Crippen molar-refractivity contribution in [2.45, 2.75) is 64.7 Å². The topological polar surface area (TPSA) is 50.9 Å². The van der Waals surface area contributed by atoms with Crippen LogP contribution in [0, 0.1) is 6.07 Å². The summed E-state index contributed by atoms with van der Waals surface area (Å²) in [6.07, 6.45) is 1.96. The normalized spacial score (nSPS) is 13.1. The smallest absolute Gasteiger partial charge is 0.148 e. The van der Waals surface area contributed by atoms with Crippen LogP contribution in [0.2, 0.25) is 0 Å². The zero-order chi connectivity index (χ0) is 43.0. The maximum Gasteiger partial charge on any atom is 0.148 e. The summed E-state index contributed by atoms with van der Waals surface area (Å²) in [5.74, 6) is 0.833. The van der Waals surface area contributed by atoms with Crippen LogP contribution in [0.5, 0.6) is 5.75 Å². The molecule has 5 heteroatoms. The van der Waals surface area contributed by atoms with E-state index in [0.717, 1.165) is 55.8 Å². The molecular formula is C58H50N3OPt-. The molecule has 0 radical (unpaired) electrons. The second kappa shape index (κ2) is 15.8. The number of phenols is 1. The molecule has 0 amide bonds. The molecule has 2 aromatic heterocycles. The SMILES string of the molecule is CC(C)(C)c1ccc(-n2c(-c3ccccc3O)nc3c(-c4[c-]c(-c5nccc6c5-c5ccccc5C6(C)C)cc(C(C)(C)c5ccccc5)c4)cccc32)c(-c2ccccc2)c1.[Pt]. The molecule has 314 valence electrons. The van der Waals surface area contributed by atoms with E-state index in [9.17, 15) is 5.11 Å². The van der Waals surface area contributed by atoms with Crippen molar-refractivity contribution >= 4 is 11.0 Å². The number of nitrogens with zero attached hydrogens (tertiary/aromatic N) is 3. The van der Waals surface area contributed by atoms with Crippen molar-refractivity contribution in [1.29, 1.82) is 0 Å². The first-order chi connectivity index (χ1) is 29.8. The fraction of sp³-hybridized carbons (Fsp3) is 0.172. The summed E-state index contributed by atoms with van der Waals surface area (Å²) >= 11 is 0. The second-order valence-corrected chi connectivity index (χ2v) is 18.7. The Morgan fingerprint density at radius 1 is 0.571 bits per heavy atom. The van der Waals surface area contributed by atoms with Gasteiger partial charge in [-0.3, -0.25) is 9.55 Å². The van der Waals surface area contributed by atoms with Crippen LogP contribution in [-0.4, -0.2) is 19.6 Å². The van der Waals surface area contributed by atoms with Gasteiger partial charge in [-0.25, -0.2) is 4.98 Å². The predicted octanol–water partition coefficient (Wildman–Crippen LogP) is 14.5. The number of hydrogen-bond acceptors (Lipinski definition) is 3. The summed E-state index contributed by atoms with van der Waals surface area (Å²) in [7, 11) is 0. The maximum absolute atomic E-state index is 11.5. The first-order valence-corrected chi connectivity index (χ1v) is 21.6. The summed E-state index contributed by atoms with van der Waals surface area (Å²) < 4.78 is 2.23. The van der Waals surface area contributed by atoms with Crippen LogP contribution in [0.4, 0.5) is 0 Å². The van der Waals surface area contributed by atoms with Crippen molar-refractivity contribution in [3.8, 4) is 67.5 Å². The van der Waals surface area contributed by atoms with Gasteiger partial charge in [-0.2, -0.15) is 0 Å². The van der Waals surface area contributed by atoms with Crippen LogP contribution in [0.25, 0.3) is 72.7 Å². The molecule has 1 aliphatic rings. The molecule has 0 unspecified atom stereocenters. The van der Waals surface area contributed by atoms with Gasteiger partial charge in [-0.1, -0.05) is 175 Å². The zero-order valence-electron chi connectivity index (χ0n) is 36.8. The largest absolute Gasteiger partial charge is 0.507 e. The van der Waals surface area contributed by atoms with Gasteiger partial charge in [-0.05, 0) is 80.8 Å². The molecule has 0 aliphatic heterocycles. The van der Waals surface area contributed by atoms with E-state index in [0.29, 0.717) is 11.4 Å². The van der Waals surface area contributed by atoms with Crippen molar-refractivity contribution in [2.75, 3.05) is 0 Å². The molecule has 9 aromatic rings. The van der Waals surface area contributed by atoms with Crippen molar-refractivity contribution in [3.05, 3.63) is 204 Å². The fourth-order valence-electron chi connectivity index (χ4n) is 9.53. The number of rotatable bonds is 7. The third kappa shape index (κ3) is 7.06. The molecule has 1 N–H and O–H groups in total. The van der Waals surface area contributed by atoms with Gasteiger partial charge in [0, 0.05) is 49.3 Å². The van der Waals surface area contributed by atoms with Crippen molar-refractivity contribution < 1.29 is 26.2 Å². The summed E-state index contributed by atoms with van der Waals surface area (Å²) in [5, 5.41) is 11.5. The van der Waals surface area contributed by atoms with Crippen LogP contribution in [0.3, 0.4) is 0 Å². The Hall–Kier alpha value is -6.35. The maximum atomic E-state index is 11.5. The summed E-state index contributed by atoms with van der Waals surface area (Å²) in [5.41, 5.74) is 17.3. The minimum absolute atomic E-state index is 0. The van der Waals surface area contributed by atoms with E-state index in [1.165, 1.54) is 33.4 Å². The molecule has 10 rings (SSSR count). The van der Waals surface area contributed by atoms with E-state index in [1.54, 1.807) is 6.07 Å².